The van der Waals surface area contributed by atoms with Gasteiger partial charge in [0.05, 0.1) is 0 Å². The summed E-state index contributed by atoms with van der Waals surface area (Å²) < 4.78 is 0. The van der Waals surface area contributed by atoms with E-state index in [1.54, 1.807) is 0 Å². The molecule has 0 unspecified atom stereocenters. The van der Waals surface area contributed by atoms with E-state index in [-0.39, 0.29) is 29.5 Å². The molecule has 8 heavy (non-hydrogen) atoms. The predicted molar refractivity (Wildman–Crippen MR) is 32.5 cm³/mol. The summed E-state index contributed by atoms with van der Waals surface area (Å²) >= 11 is 0. The molecule has 0 aliphatic carbocycles. The number of hydrogen-bond donors (Lipinski definition) is 0. The molecule has 1 rings (SSSR count). The van der Waals surface area contributed by atoms with Crippen LogP contribution in [-0.4, -0.2) is 0 Å². The van der Waals surface area contributed by atoms with Crippen molar-refractivity contribution in [3.8, 4) is 0 Å². The summed E-state index contributed by atoms with van der Waals surface area (Å²) in [4.78, 5) is 0. The van der Waals surface area contributed by atoms with Gasteiger partial charge in [0, 0.05) is 17.1 Å². The molecule has 45 valence electrons. The van der Waals surface area contributed by atoms with Gasteiger partial charge in [-0.15, -0.1) is 12.4 Å². The number of rotatable bonds is 0. The average molecular weight is 169 g/mol. The molecule has 0 fully saturated rings. The molecule has 1 aromatic rings. The van der Waals surface area contributed by atoms with Crippen molar-refractivity contribution in [2.24, 2.45) is 0 Å². The first kappa shape index (κ1) is 10.9. The van der Waals surface area contributed by atoms with Gasteiger partial charge in [-0.1, -0.05) is 0 Å². The van der Waals surface area contributed by atoms with Crippen LogP contribution < -0.4 is 0 Å². The van der Waals surface area contributed by atoms with Crippen LogP contribution in [0.4, 0.5) is 0 Å². The van der Waals surface area contributed by atoms with Crippen molar-refractivity contribution in [2.75, 3.05) is 0 Å². The largest absolute Gasteiger partial charge is 0.184 e. The minimum absolute atomic E-state index is 0. The minimum Gasteiger partial charge on any atom is -0.184 e. The fourth-order valence-corrected chi connectivity index (χ4v) is 0.342. The van der Waals surface area contributed by atoms with E-state index >= 15 is 0 Å². The van der Waals surface area contributed by atoms with Crippen LogP contribution in [0.1, 0.15) is 0 Å². The first-order valence-electron chi connectivity index (χ1n) is 1.91. The molecular weight excluding hydrogens is 162 g/mol. The second-order valence-corrected chi connectivity index (χ2v) is 1.08. The van der Waals surface area contributed by atoms with Gasteiger partial charge in [-0.3, -0.25) is 0 Å². The van der Waals surface area contributed by atoms with Crippen LogP contribution in [-0.2, 0) is 17.1 Å². The van der Waals surface area contributed by atoms with Crippen molar-refractivity contribution in [2.45, 2.75) is 0 Å². The Morgan fingerprint density at radius 2 is 1.38 bits per heavy atom. The van der Waals surface area contributed by atoms with Crippen LogP contribution in [0.5, 0.6) is 0 Å². The molecule has 1 radical (unpaired) electrons. The molecule has 0 heterocycles. The van der Waals surface area contributed by atoms with Crippen molar-refractivity contribution >= 4 is 12.4 Å². The Balaban J connectivity index is 0. The number of benzene rings is 1. The average Bonchev–Trinajstić information content (AvgIpc) is 1.72. The van der Waals surface area contributed by atoms with Crippen molar-refractivity contribution in [3.63, 3.8) is 0 Å². The van der Waals surface area contributed by atoms with E-state index in [9.17, 15) is 0 Å². The molecule has 0 bridgehead atoms. The zero-order valence-corrected chi connectivity index (χ0v) is 6.17. The SMILES string of the molecule is Cl.[Mn].[c-]1ccccc1. The van der Waals surface area contributed by atoms with Crippen LogP contribution in [0.2, 0.25) is 0 Å². The van der Waals surface area contributed by atoms with Gasteiger partial charge in [0.2, 0.25) is 0 Å². The summed E-state index contributed by atoms with van der Waals surface area (Å²) in [5.74, 6) is 0. The third-order valence-corrected chi connectivity index (χ3v) is 0.607. The summed E-state index contributed by atoms with van der Waals surface area (Å²) in [6.07, 6.45) is 0. The monoisotopic (exact) mass is 168 g/mol. The zero-order valence-electron chi connectivity index (χ0n) is 4.17. The Labute approximate surface area is 66.2 Å². The maximum Gasteiger partial charge on any atom is 0 e. The fraction of sp³-hybridized carbons (Fsp3) is 0. The second kappa shape index (κ2) is 7.03. The van der Waals surface area contributed by atoms with Crippen LogP contribution >= 0.6 is 12.4 Å². The molecule has 0 spiro atoms. The van der Waals surface area contributed by atoms with Crippen molar-refractivity contribution in [3.05, 3.63) is 36.4 Å². The van der Waals surface area contributed by atoms with E-state index in [1.807, 2.05) is 30.3 Å². The van der Waals surface area contributed by atoms with Gasteiger partial charge in [0.15, 0.2) is 0 Å². The van der Waals surface area contributed by atoms with Gasteiger partial charge in [0.25, 0.3) is 0 Å². The normalized spacial score (nSPS) is 6.00. The summed E-state index contributed by atoms with van der Waals surface area (Å²) in [6, 6.07) is 12.5. The molecule has 0 N–H and O–H groups in total. The van der Waals surface area contributed by atoms with Gasteiger partial charge in [-0.05, 0) is 0 Å². The smallest absolute Gasteiger partial charge is 0 e. The van der Waals surface area contributed by atoms with Gasteiger partial charge < -0.3 is 0 Å². The molecule has 0 aliphatic heterocycles. The molecule has 0 saturated carbocycles. The van der Waals surface area contributed by atoms with Gasteiger partial charge >= 0.3 is 0 Å². The molecule has 0 saturated heterocycles. The Morgan fingerprint density at radius 3 is 1.50 bits per heavy atom. The van der Waals surface area contributed by atoms with Crippen molar-refractivity contribution < 1.29 is 17.1 Å². The second-order valence-electron chi connectivity index (χ2n) is 1.08. The first-order chi connectivity index (χ1) is 3.00. The van der Waals surface area contributed by atoms with E-state index in [4.69, 9.17) is 0 Å². The fourth-order valence-electron chi connectivity index (χ4n) is 0.342. The Kier molecular flexibility index (Phi) is 9.59. The van der Waals surface area contributed by atoms with E-state index in [2.05, 4.69) is 6.07 Å². The van der Waals surface area contributed by atoms with Crippen molar-refractivity contribution in [1.82, 2.24) is 0 Å². The number of hydrogen-bond acceptors (Lipinski definition) is 0. The summed E-state index contributed by atoms with van der Waals surface area (Å²) in [5, 5.41) is 0. The van der Waals surface area contributed by atoms with E-state index in [0.29, 0.717) is 0 Å². The topological polar surface area (TPSA) is 0 Å². The summed E-state index contributed by atoms with van der Waals surface area (Å²) in [5.41, 5.74) is 0. The quantitative estimate of drug-likeness (QED) is 0.410. The van der Waals surface area contributed by atoms with Crippen LogP contribution in [0.15, 0.2) is 30.3 Å². The van der Waals surface area contributed by atoms with Crippen LogP contribution in [0, 0.1) is 6.07 Å². The molecule has 0 aliphatic rings. The van der Waals surface area contributed by atoms with E-state index in [1.165, 1.54) is 0 Å². The van der Waals surface area contributed by atoms with E-state index in [0.717, 1.165) is 0 Å². The Morgan fingerprint density at radius 1 is 0.875 bits per heavy atom. The van der Waals surface area contributed by atoms with Crippen molar-refractivity contribution in [1.29, 1.82) is 0 Å². The standard InChI is InChI=1S/C6H5.ClH.Mn/c1-2-4-6-5-3-1;;/h1-5H;1H;/q-1;;. The van der Waals surface area contributed by atoms with Crippen LogP contribution in [0.25, 0.3) is 0 Å². The summed E-state index contributed by atoms with van der Waals surface area (Å²) in [7, 11) is 0. The molecule has 1 aromatic carbocycles. The third-order valence-electron chi connectivity index (χ3n) is 0.607. The van der Waals surface area contributed by atoms with E-state index < -0.39 is 0 Å². The van der Waals surface area contributed by atoms with Crippen LogP contribution in [0.3, 0.4) is 0 Å². The Bertz CT molecular complexity index is 80.5. The summed E-state index contributed by atoms with van der Waals surface area (Å²) in [6.45, 7) is 0. The maximum absolute atomic E-state index is 2.89. The van der Waals surface area contributed by atoms with Gasteiger partial charge in [-0.2, -0.15) is 36.4 Å². The molecule has 0 aromatic heterocycles. The molecule has 2 heteroatoms. The number of halogens is 1. The molecule has 0 atom stereocenters. The molecular formula is C6H6ClMn-. The Hall–Kier alpha value is 0.0295. The minimum atomic E-state index is 0. The molecule has 0 nitrogen and oxygen atoms in total. The predicted octanol–water partition coefficient (Wildman–Crippen LogP) is 1.91. The first-order valence-corrected chi connectivity index (χ1v) is 1.91. The molecule has 0 amide bonds. The van der Waals surface area contributed by atoms with Gasteiger partial charge in [0.1, 0.15) is 0 Å². The maximum atomic E-state index is 2.89. The van der Waals surface area contributed by atoms with Gasteiger partial charge in [-0.25, -0.2) is 0 Å². The zero-order chi connectivity index (χ0) is 4.24. The third kappa shape index (κ3) is 4.20.